The molecule has 0 atom stereocenters. The van der Waals surface area contributed by atoms with Gasteiger partial charge >= 0.3 is 0 Å². The van der Waals surface area contributed by atoms with Gasteiger partial charge in [0.25, 0.3) is 0 Å². The van der Waals surface area contributed by atoms with Crippen LogP contribution in [0.2, 0.25) is 0 Å². The van der Waals surface area contributed by atoms with Crippen LogP contribution in [-0.4, -0.2) is 5.91 Å². The third kappa shape index (κ3) is 4.07. The van der Waals surface area contributed by atoms with Crippen LogP contribution in [0, 0.1) is 30.6 Å². The fourth-order valence-corrected chi connectivity index (χ4v) is 3.45. The van der Waals surface area contributed by atoms with Gasteiger partial charge in [-0.15, -0.1) is 0 Å². The van der Waals surface area contributed by atoms with Crippen LogP contribution in [0.5, 0.6) is 0 Å². The first-order chi connectivity index (χ1) is 9.90. The Morgan fingerprint density at radius 3 is 2.29 bits per heavy atom. The minimum Gasteiger partial charge on any atom is -0.323 e. The fraction of sp³-hybridized carbons (Fsp3) is 0.529. The molecule has 114 valence electrons. The van der Waals surface area contributed by atoms with Crippen molar-refractivity contribution in [2.75, 3.05) is 5.32 Å². The van der Waals surface area contributed by atoms with Crippen LogP contribution in [0.3, 0.4) is 0 Å². The average Bonchev–Trinajstić information content (AvgIpc) is 2.42. The first-order valence-electron chi connectivity index (χ1n) is 7.39. The van der Waals surface area contributed by atoms with Crippen LogP contribution >= 0.6 is 15.9 Å². The number of amides is 1. The largest absolute Gasteiger partial charge is 0.323 e. The molecule has 0 unspecified atom stereocenters. The maximum Gasteiger partial charge on any atom is 0.244 e. The second-order valence-electron chi connectivity index (χ2n) is 5.59. The molecule has 0 aromatic heterocycles. The van der Waals surface area contributed by atoms with E-state index in [2.05, 4.69) is 27.3 Å². The molecule has 0 bridgehead atoms. The van der Waals surface area contributed by atoms with Crippen molar-refractivity contribution in [3.63, 3.8) is 0 Å². The highest BCUT2D eigenvalue weighted by atomic mass is 79.9. The number of rotatable bonds is 6. The van der Waals surface area contributed by atoms with E-state index >= 15 is 0 Å². The van der Waals surface area contributed by atoms with E-state index in [-0.39, 0.29) is 5.91 Å². The van der Waals surface area contributed by atoms with Crippen molar-refractivity contribution in [1.29, 1.82) is 5.26 Å². The van der Waals surface area contributed by atoms with Crippen molar-refractivity contribution in [2.45, 2.75) is 53.4 Å². The highest BCUT2D eigenvalue weighted by molar-refractivity contribution is 9.10. The summed E-state index contributed by atoms with van der Waals surface area (Å²) in [4.78, 5) is 12.7. The molecule has 0 aliphatic heterocycles. The first-order valence-corrected chi connectivity index (χ1v) is 8.19. The van der Waals surface area contributed by atoms with Crippen LogP contribution in [0.15, 0.2) is 16.6 Å². The minimum atomic E-state index is -0.930. The Hall–Kier alpha value is -1.34. The van der Waals surface area contributed by atoms with E-state index in [9.17, 15) is 10.1 Å². The van der Waals surface area contributed by atoms with Gasteiger partial charge < -0.3 is 5.32 Å². The van der Waals surface area contributed by atoms with Crippen molar-refractivity contribution in [3.05, 3.63) is 27.7 Å². The highest BCUT2D eigenvalue weighted by Gasteiger charge is 2.37. The molecule has 0 saturated carbocycles. The second-order valence-corrected chi connectivity index (χ2v) is 6.44. The van der Waals surface area contributed by atoms with Crippen LogP contribution in [0.25, 0.3) is 0 Å². The molecule has 0 heterocycles. The molecule has 21 heavy (non-hydrogen) atoms. The molecular weight excluding hydrogens is 328 g/mol. The number of carbonyl (C=O) groups is 1. The number of aryl methyl sites for hydroxylation is 2. The number of nitrogens with zero attached hydrogens (tertiary/aromatic N) is 1. The molecule has 0 spiro atoms. The predicted molar refractivity (Wildman–Crippen MR) is 90.1 cm³/mol. The third-order valence-electron chi connectivity index (χ3n) is 3.67. The molecule has 1 N–H and O–H groups in total. The number of hydrogen-bond acceptors (Lipinski definition) is 2. The molecule has 0 aliphatic carbocycles. The van der Waals surface area contributed by atoms with Crippen LogP contribution in [0.4, 0.5) is 5.69 Å². The van der Waals surface area contributed by atoms with Gasteiger partial charge in [-0.1, -0.05) is 32.8 Å². The van der Waals surface area contributed by atoms with Gasteiger partial charge in [0, 0.05) is 4.47 Å². The van der Waals surface area contributed by atoms with E-state index in [0.29, 0.717) is 12.8 Å². The summed E-state index contributed by atoms with van der Waals surface area (Å²) in [5.41, 5.74) is 1.96. The Bertz CT molecular complexity index is 531. The van der Waals surface area contributed by atoms with Gasteiger partial charge in [0.2, 0.25) is 5.91 Å². The maximum absolute atomic E-state index is 12.7. The molecule has 1 rings (SSSR count). The zero-order valence-electron chi connectivity index (χ0n) is 13.2. The molecule has 0 fully saturated rings. The Morgan fingerprint density at radius 1 is 1.29 bits per heavy atom. The first kappa shape index (κ1) is 17.7. The normalized spacial score (nSPS) is 11.0. The van der Waals surface area contributed by atoms with E-state index in [0.717, 1.165) is 34.1 Å². The van der Waals surface area contributed by atoms with Gasteiger partial charge in [-0.05, 0) is 59.8 Å². The van der Waals surface area contributed by atoms with E-state index < -0.39 is 5.41 Å². The zero-order valence-corrected chi connectivity index (χ0v) is 14.8. The van der Waals surface area contributed by atoms with E-state index in [1.807, 2.05) is 39.8 Å². The van der Waals surface area contributed by atoms with Crippen molar-refractivity contribution in [3.8, 4) is 6.07 Å². The van der Waals surface area contributed by atoms with Crippen molar-refractivity contribution >= 4 is 27.5 Å². The average molecular weight is 351 g/mol. The molecular formula is C17H23BrN2O. The predicted octanol–water partition coefficient (Wildman–Crippen LogP) is 5.11. The lowest BCUT2D eigenvalue weighted by atomic mass is 9.79. The monoisotopic (exact) mass is 350 g/mol. The summed E-state index contributed by atoms with van der Waals surface area (Å²) in [7, 11) is 0. The lowest BCUT2D eigenvalue weighted by molar-refractivity contribution is -0.123. The topological polar surface area (TPSA) is 52.9 Å². The molecule has 4 heteroatoms. The van der Waals surface area contributed by atoms with Crippen molar-refractivity contribution in [2.24, 2.45) is 5.41 Å². The van der Waals surface area contributed by atoms with Crippen LogP contribution in [0.1, 0.15) is 50.7 Å². The summed E-state index contributed by atoms with van der Waals surface area (Å²) in [6.45, 7) is 7.97. The smallest absolute Gasteiger partial charge is 0.244 e. The summed E-state index contributed by atoms with van der Waals surface area (Å²) in [6.07, 6.45) is 2.81. The summed E-state index contributed by atoms with van der Waals surface area (Å²) in [5.74, 6) is -0.193. The van der Waals surface area contributed by atoms with Gasteiger partial charge in [0.05, 0.1) is 11.8 Å². The zero-order chi connectivity index (χ0) is 16.0. The minimum absolute atomic E-state index is 0.193. The van der Waals surface area contributed by atoms with Gasteiger partial charge in [-0.3, -0.25) is 4.79 Å². The number of halogens is 1. The molecule has 0 radical (unpaired) electrons. The molecule has 3 nitrogen and oxygen atoms in total. The molecule has 0 aliphatic rings. The third-order valence-corrected chi connectivity index (χ3v) is 4.30. The molecule has 1 aromatic carbocycles. The SMILES string of the molecule is CCCC(C#N)(CCC)C(=O)Nc1c(C)cc(C)cc1Br. The molecule has 1 aromatic rings. The fourth-order valence-electron chi connectivity index (χ4n) is 2.68. The Labute approximate surface area is 135 Å². The van der Waals surface area contributed by atoms with Gasteiger partial charge in [-0.25, -0.2) is 0 Å². The van der Waals surface area contributed by atoms with E-state index in [4.69, 9.17) is 0 Å². The highest BCUT2D eigenvalue weighted by Crippen LogP contribution is 2.34. The Balaban J connectivity index is 3.11. The quantitative estimate of drug-likeness (QED) is 0.774. The van der Waals surface area contributed by atoms with Gasteiger partial charge in [0.1, 0.15) is 5.41 Å². The summed E-state index contributed by atoms with van der Waals surface area (Å²) in [6, 6.07) is 6.25. The Kier molecular flexibility index (Phi) is 6.42. The van der Waals surface area contributed by atoms with Crippen LogP contribution in [-0.2, 0) is 4.79 Å². The summed E-state index contributed by atoms with van der Waals surface area (Å²) in [5, 5.41) is 12.5. The maximum atomic E-state index is 12.7. The van der Waals surface area contributed by atoms with Gasteiger partial charge in [0.15, 0.2) is 0 Å². The van der Waals surface area contributed by atoms with Crippen molar-refractivity contribution < 1.29 is 4.79 Å². The lowest BCUT2D eigenvalue weighted by Gasteiger charge is -2.25. The van der Waals surface area contributed by atoms with Crippen molar-refractivity contribution in [1.82, 2.24) is 0 Å². The van der Waals surface area contributed by atoms with E-state index in [1.165, 1.54) is 0 Å². The van der Waals surface area contributed by atoms with Gasteiger partial charge in [-0.2, -0.15) is 5.26 Å². The number of carbonyl (C=O) groups excluding carboxylic acids is 1. The Morgan fingerprint density at radius 2 is 1.86 bits per heavy atom. The molecule has 0 saturated heterocycles. The number of nitrogens with one attached hydrogen (secondary N) is 1. The lowest BCUT2D eigenvalue weighted by Crippen LogP contribution is -2.35. The van der Waals surface area contributed by atoms with Crippen LogP contribution < -0.4 is 5.32 Å². The second kappa shape index (κ2) is 7.61. The number of anilines is 1. The number of nitriles is 1. The summed E-state index contributed by atoms with van der Waals surface area (Å²) < 4.78 is 0.855. The summed E-state index contributed by atoms with van der Waals surface area (Å²) >= 11 is 3.50. The van der Waals surface area contributed by atoms with E-state index in [1.54, 1.807) is 0 Å². The standard InChI is InChI=1S/C17H23BrN2O/c1-5-7-17(11-19,8-6-2)16(21)20-15-13(4)9-12(3)10-14(15)18/h9-10H,5-8H2,1-4H3,(H,20,21). The number of benzene rings is 1. The molecule has 1 amide bonds. The number of hydrogen-bond donors (Lipinski definition) is 1.